The minimum Gasteiger partial charge on any atom is -0.497 e. The molecule has 0 aromatic heterocycles. The van der Waals surface area contributed by atoms with Crippen LogP contribution in [0.1, 0.15) is 24.8 Å². The molecular formula is C20H30N2O3. The molecule has 1 spiro atoms. The molecule has 5 heteroatoms. The summed E-state index contributed by atoms with van der Waals surface area (Å²) in [6, 6.07) is 9.05. The molecule has 0 unspecified atom stereocenters. The molecule has 3 saturated heterocycles. The molecule has 0 radical (unpaired) electrons. The lowest BCUT2D eigenvalue weighted by Gasteiger charge is -2.48. The monoisotopic (exact) mass is 346 g/mol. The molecule has 3 aliphatic heterocycles. The zero-order valence-corrected chi connectivity index (χ0v) is 15.3. The summed E-state index contributed by atoms with van der Waals surface area (Å²) in [7, 11) is 1.73. The van der Waals surface area contributed by atoms with Gasteiger partial charge in [0.1, 0.15) is 5.75 Å². The number of benzene rings is 1. The second-order valence-corrected chi connectivity index (χ2v) is 7.65. The molecule has 1 aromatic rings. The maximum Gasteiger partial charge on any atom is 0.119 e. The number of hydrogen-bond acceptors (Lipinski definition) is 5. The molecule has 0 N–H and O–H groups in total. The average Bonchev–Trinajstić information content (AvgIpc) is 3.17. The van der Waals surface area contributed by atoms with E-state index in [4.69, 9.17) is 14.2 Å². The first-order valence-electron chi connectivity index (χ1n) is 9.57. The molecule has 3 heterocycles. The van der Waals surface area contributed by atoms with Gasteiger partial charge in [0.25, 0.3) is 0 Å². The number of ether oxygens (including phenoxy) is 3. The number of methoxy groups -OCH3 is 1. The predicted molar refractivity (Wildman–Crippen MR) is 97.0 cm³/mol. The largest absolute Gasteiger partial charge is 0.497 e. The number of morpholine rings is 1. The standard InChI is InChI=1S/C20H30N2O3/c1-23-19-4-2-3-17(13-19)14-21-10-12-25-20(16-21)6-8-22(9-7-20)18-5-11-24-15-18/h2-4,13,18H,5-12,14-16H2,1H3/t18-/m0/s1. The summed E-state index contributed by atoms with van der Waals surface area (Å²) in [5.41, 5.74) is 1.37. The highest BCUT2D eigenvalue weighted by molar-refractivity contribution is 5.28. The quantitative estimate of drug-likeness (QED) is 0.835. The fourth-order valence-corrected chi connectivity index (χ4v) is 4.50. The van der Waals surface area contributed by atoms with Gasteiger partial charge in [-0.2, -0.15) is 0 Å². The Morgan fingerprint density at radius 2 is 2.08 bits per heavy atom. The molecule has 4 rings (SSSR count). The van der Waals surface area contributed by atoms with E-state index in [9.17, 15) is 0 Å². The van der Waals surface area contributed by atoms with Gasteiger partial charge in [0.2, 0.25) is 0 Å². The van der Waals surface area contributed by atoms with Gasteiger partial charge in [-0.1, -0.05) is 12.1 Å². The van der Waals surface area contributed by atoms with Crippen molar-refractivity contribution in [2.45, 2.75) is 37.5 Å². The highest BCUT2D eigenvalue weighted by Crippen LogP contribution is 2.32. The van der Waals surface area contributed by atoms with E-state index < -0.39 is 0 Å². The van der Waals surface area contributed by atoms with E-state index in [0.29, 0.717) is 6.04 Å². The van der Waals surface area contributed by atoms with Crippen molar-refractivity contribution in [2.24, 2.45) is 0 Å². The molecule has 1 atom stereocenters. The lowest BCUT2D eigenvalue weighted by Crippen LogP contribution is -2.57. The van der Waals surface area contributed by atoms with E-state index in [2.05, 4.69) is 28.0 Å². The summed E-state index contributed by atoms with van der Waals surface area (Å²) in [6.07, 6.45) is 3.46. The van der Waals surface area contributed by atoms with Crippen molar-refractivity contribution in [3.63, 3.8) is 0 Å². The summed E-state index contributed by atoms with van der Waals surface area (Å²) in [5, 5.41) is 0. The van der Waals surface area contributed by atoms with Crippen LogP contribution in [-0.2, 0) is 16.0 Å². The van der Waals surface area contributed by atoms with Crippen molar-refractivity contribution in [2.75, 3.05) is 53.1 Å². The molecule has 0 bridgehead atoms. The zero-order valence-electron chi connectivity index (χ0n) is 15.3. The van der Waals surface area contributed by atoms with Crippen molar-refractivity contribution in [3.8, 4) is 5.75 Å². The number of piperidine rings is 1. The van der Waals surface area contributed by atoms with Crippen LogP contribution in [0.2, 0.25) is 0 Å². The van der Waals surface area contributed by atoms with E-state index in [0.717, 1.165) is 71.1 Å². The van der Waals surface area contributed by atoms with Gasteiger partial charge in [-0.25, -0.2) is 0 Å². The molecule has 0 amide bonds. The van der Waals surface area contributed by atoms with Crippen LogP contribution >= 0.6 is 0 Å². The molecule has 5 nitrogen and oxygen atoms in total. The van der Waals surface area contributed by atoms with E-state index in [-0.39, 0.29) is 5.60 Å². The van der Waals surface area contributed by atoms with Crippen LogP contribution in [0.15, 0.2) is 24.3 Å². The lowest BCUT2D eigenvalue weighted by atomic mass is 9.88. The fourth-order valence-electron chi connectivity index (χ4n) is 4.50. The topological polar surface area (TPSA) is 34.2 Å². The number of hydrogen-bond donors (Lipinski definition) is 0. The second-order valence-electron chi connectivity index (χ2n) is 7.65. The van der Waals surface area contributed by atoms with Crippen molar-refractivity contribution in [1.82, 2.24) is 9.80 Å². The Hall–Kier alpha value is -1.14. The Morgan fingerprint density at radius 3 is 2.84 bits per heavy atom. The van der Waals surface area contributed by atoms with Gasteiger partial charge in [0, 0.05) is 45.4 Å². The minimum atomic E-state index is 0.0487. The number of nitrogens with zero attached hydrogens (tertiary/aromatic N) is 2. The average molecular weight is 346 g/mol. The molecule has 25 heavy (non-hydrogen) atoms. The van der Waals surface area contributed by atoms with Crippen molar-refractivity contribution >= 4 is 0 Å². The van der Waals surface area contributed by atoms with Crippen molar-refractivity contribution in [3.05, 3.63) is 29.8 Å². The smallest absolute Gasteiger partial charge is 0.119 e. The highest BCUT2D eigenvalue weighted by Gasteiger charge is 2.41. The third-order valence-corrected chi connectivity index (χ3v) is 6.00. The molecular weight excluding hydrogens is 316 g/mol. The van der Waals surface area contributed by atoms with Crippen LogP contribution in [0.25, 0.3) is 0 Å². The SMILES string of the molecule is COc1cccc(CN2CCOC3(CCN([C@H]4CCOC4)CC3)C2)c1. The summed E-state index contributed by atoms with van der Waals surface area (Å²) in [4.78, 5) is 5.16. The summed E-state index contributed by atoms with van der Waals surface area (Å²) >= 11 is 0. The first-order chi connectivity index (χ1) is 12.3. The Bertz CT molecular complexity index is 566. The van der Waals surface area contributed by atoms with Crippen LogP contribution < -0.4 is 4.74 Å². The van der Waals surface area contributed by atoms with Crippen LogP contribution in [-0.4, -0.2) is 74.6 Å². The molecule has 3 aliphatic rings. The van der Waals surface area contributed by atoms with Crippen LogP contribution in [0.3, 0.4) is 0 Å². The molecule has 3 fully saturated rings. The van der Waals surface area contributed by atoms with Gasteiger partial charge in [-0.05, 0) is 37.0 Å². The van der Waals surface area contributed by atoms with Crippen LogP contribution in [0.5, 0.6) is 5.75 Å². The minimum absolute atomic E-state index is 0.0487. The third kappa shape index (κ3) is 4.00. The zero-order chi connectivity index (χ0) is 17.1. The van der Waals surface area contributed by atoms with Crippen LogP contribution in [0, 0.1) is 0 Å². The summed E-state index contributed by atoms with van der Waals surface area (Å²) in [6.45, 7) is 7.99. The Balaban J connectivity index is 1.34. The number of likely N-dealkylation sites (tertiary alicyclic amines) is 1. The second kappa shape index (κ2) is 7.62. The molecule has 0 aliphatic carbocycles. The van der Waals surface area contributed by atoms with Crippen LogP contribution in [0.4, 0.5) is 0 Å². The van der Waals surface area contributed by atoms with Crippen molar-refractivity contribution in [1.29, 1.82) is 0 Å². The number of rotatable bonds is 4. The first-order valence-corrected chi connectivity index (χ1v) is 9.57. The maximum absolute atomic E-state index is 6.31. The van der Waals surface area contributed by atoms with E-state index >= 15 is 0 Å². The van der Waals surface area contributed by atoms with Gasteiger partial charge in [0.15, 0.2) is 0 Å². The molecule has 0 saturated carbocycles. The van der Waals surface area contributed by atoms with E-state index in [1.54, 1.807) is 7.11 Å². The van der Waals surface area contributed by atoms with Gasteiger partial charge in [0.05, 0.1) is 25.9 Å². The summed E-state index contributed by atoms with van der Waals surface area (Å²) < 4.78 is 17.2. The first kappa shape index (κ1) is 17.3. The fraction of sp³-hybridized carbons (Fsp3) is 0.700. The Kier molecular flexibility index (Phi) is 5.27. The Labute approximate surface area is 150 Å². The van der Waals surface area contributed by atoms with Gasteiger partial charge in [-0.3, -0.25) is 9.80 Å². The highest BCUT2D eigenvalue weighted by atomic mass is 16.5. The van der Waals surface area contributed by atoms with Crippen molar-refractivity contribution < 1.29 is 14.2 Å². The van der Waals surface area contributed by atoms with Gasteiger partial charge < -0.3 is 14.2 Å². The predicted octanol–water partition coefficient (Wildman–Crippen LogP) is 2.15. The van der Waals surface area contributed by atoms with Gasteiger partial charge in [-0.15, -0.1) is 0 Å². The van der Waals surface area contributed by atoms with E-state index in [1.165, 1.54) is 12.0 Å². The normalized spacial score (nSPS) is 27.6. The Morgan fingerprint density at radius 1 is 1.20 bits per heavy atom. The lowest BCUT2D eigenvalue weighted by molar-refractivity contribution is -0.140. The summed E-state index contributed by atoms with van der Waals surface area (Å²) in [5.74, 6) is 0.938. The third-order valence-electron chi connectivity index (χ3n) is 6.00. The maximum atomic E-state index is 6.31. The van der Waals surface area contributed by atoms with Gasteiger partial charge >= 0.3 is 0 Å². The van der Waals surface area contributed by atoms with E-state index in [1.807, 2.05) is 6.07 Å². The molecule has 1 aromatic carbocycles. The molecule has 138 valence electrons.